The molecule has 26 heavy (non-hydrogen) atoms. The summed E-state index contributed by atoms with van der Waals surface area (Å²) in [6, 6.07) is 10.3. The Morgan fingerprint density at radius 3 is 2.73 bits per heavy atom. The average molecular weight is 356 g/mol. The molecule has 2 aliphatic carbocycles. The summed E-state index contributed by atoms with van der Waals surface area (Å²) < 4.78 is 25.2. The molecule has 2 aromatic carbocycles. The molecule has 3 atom stereocenters. The van der Waals surface area contributed by atoms with Gasteiger partial charge in [-0.15, -0.1) is 0 Å². The number of phenols is 1. The smallest absolute Gasteiger partial charge is 0.309 e. The van der Waals surface area contributed by atoms with Crippen LogP contribution in [0.15, 0.2) is 36.4 Å². The molecule has 4 nitrogen and oxygen atoms in total. The van der Waals surface area contributed by atoms with E-state index in [1.54, 1.807) is 0 Å². The molecule has 5 heteroatoms. The molecular weight excluding hydrogens is 335 g/mol. The van der Waals surface area contributed by atoms with E-state index in [-0.39, 0.29) is 29.4 Å². The molecule has 0 amide bonds. The van der Waals surface area contributed by atoms with Crippen LogP contribution in [0.25, 0.3) is 0 Å². The molecule has 2 aromatic rings. The molecule has 0 saturated heterocycles. The molecule has 0 spiro atoms. The number of hydrogen-bond acceptors (Lipinski definition) is 4. The van der Waals surface area contributed by atoms with Crippen molar-refractivity contribution in [1.29, 1.82) is 0 Å². The molecule has 0 aromatic heterocycles. The van der Waals surface area contributed by atoms with E-state index in [0.717, 1.165) is 12.0 Å². The summed E-state index contributed by atoms with van der Waals surface area (Å²) in [5.41, 5.74) is 2.19. The fourth-order valence-corrected chi connectivity index (χ4v) is 3.80. The first-order chi connectivity index (χ1) is 12.6. The minimum atomic E-state index is -0.392. The molecule has 136 valence electrons. The van der Waals surface area contributed by atoms with E-state index < -0.39 is 6.10 Å². The molecule has 0 heterocycles. The number of ether oxygens (including phenoxy) is 2. The van der Waals surface area contributed by atoms with E-state index in [1.807, 2.05) is 31.2 Å². The van der Waals surface area contributed by atoms with Crippen molar-refractivity contribution in [3.05, 3.63) is 58.9 Å². The molecule has 1 saturated carbocycles. The SMILES string of the molecule is CCOC(=O)C1C[C@@H]1c1ccc(O[C@@H]2CCc3c(O)ccc(F)c32)cc1. The van der Waals surface area contributed by atoms with Crippen molar-refractivity contribution in [2.45, 2.75) is 38.2 Å². The second-order valence-electron chi connectivity index (χ2n) is 6.87. The number of carbonyl (C=O) groups is 1. The third-order valence-electron chi connectivity index (χ3n) is 5.22. The van der Waals surface area contributed by atoms with Gasteiger partial charge in [-0.05, 0) is 61.9 Å². The minimum absolute atomic E-state index is 0.0412. The van der Waals surface area contributed by atoms with Crippen molar-refractivity contribution in [3.8, 4) is 11.5 Å². The third kappa shape index (κ3) is 3.02. The summed E-state index contributed by atoms with van der Waals surface area (Å²) in [5, 5.41) is 9.89. The van der Waals surface area contributed by atoms with Gasteiger partial charge in [0, 0.05) is 11.1 Å². The molecule has 0 aliphatic heterocycles. The summed E-state index contributed by atoms with van der Waals surface area (Å²) >= 11 is 0. The Labute approximate surface area is 151 Å². The van der Waals surface area contributed by atoms with Crippen molar-refractivity contribution in [2.24, 2.45) is 5.92 Å². The number of fused-ring (bicyclic) bond motifs is 1. The second kappa shape index (κ2) is 6.63. The highest BCUT2D eigenvalue weighted by Gasteiger charge is 2.45. The Hall–Kier alpha value is -2.56. The predicted octanol–water partition coefficient (Wildman–Crippen LogP) is 4.26. The van der Waals surface area contributed by atoms with Crippen LogP contribution in [-0.4, -0.2) is 17.7 Å². The lowest BCUT2D eigenvalue weighted by Crippen LogP contribution is -2.07. The monoisotopic (exact) mass is 356 g/mol. The first kappa shape index (κ1) is 16.9. The Morgan fingerprint density at radius 2 is 2.00 bits per heavy atom. The van der Waals surface area contributed by atoms with E-state index in [9.17, 15) is 14.3 Å². The summed E-state index contributed by atoms with van der Waals surface area (Å²) in [5.74, 6) is 0.484. The van der Waals surface area contributed by atoms with E-state index in [2.05, 4.69) is 0 Å². The molecule has 0 radical (unpaired) electrons. The molecule has 0 bridgehead atoms. The fraction of sp³-hybridized carbons (Fsp3) is 0.381. The van der Waals surface area contributed by atoms with Gasteiger partial charge in [-0.1, -0.05) is 12.1 Å². The standard InChI is InChI=1S/C21H21FO4/c1-2-25-21(24)16-11-15(16)12-3-5-13(6-4-12)26-19-10-7-14-18(23)9-8-17(22)20(14)19/h3-6,8-9,15-16,19,23H,2,7,10-11H2,1H3/t15-,16?,19-/m1/s1. The van der Waals surface area contributed by atoms with Gasteiger partial charge in [0.05, 0.1) is 12.5 Å². The fourth-order valence-electron chi connectivity index (χ4n) is 3.80. The number of rotatable bonds is 5. The zero-order valence-electron chi connectivity index (χ0n) is 14.6. The first-order valence-corrected chi connectivity index (χ1v) is 9.02. The quantitative estimate of drug-likeness (QED) is 0.813. The summed E-state index contributed by atoms with van der Waals surface area (Å²) in [6.07, 6.45) is 1.67. The van der Waals surface area contributed by atoms with E-state index in [0.29, 0.717) is 36.3 Å². The average Bonchev–Trinajstić information content (AvgIpc) is 3.33. The van der Waals surface area contributed by atoms with Crippen molar-refractivity contribution >= 4 is 5.97 Å². The van der Waals surface area contributed by atoms with Crippen LogP contribution in [0, 0.1) is 11.7 Å². The predicted molar refractivity (Wildman–Crippen MR) is 93.7 cm³/mol. The molecule has 1 unspecified atom stereocenters. The van der Waals surface area contributed by atoms with Crippen molar-refractivity contribution in [1.82, 2.24) is 0 Å². The van der Waals surface area contributed by atoms with Crippen LogP contribution in [-0.2, 0) is 16.0 Å². The van der Waals surface area contributed by atoms with Crippen molar-refractivity contribution in [2.75, 3.05) is 6.61 Å². The lowest BCUT2D eigenvalue weighted by atomic mass is 10.1. The molecule has 1 fully saturated rings. The lowest BCUT2D eigenvalue weighted by Gasteiger charge is -2.16. The Balaban J connectivity index is 1.44. The molecular formula is C21H21FO4. The van der Waals surface area contributed by atoms with Crippen LogP contribution < -0.4 is 4.74 Å². The molecule has 2 aliphatic rings. The van der Waals surface area contributed by atoms with Gasteiger partial charge in [-0.3, -0.25) is 4.79 Å². The van der Waals surface area contributed by atoms with Gasteiger partial charge in [0.15, 0.2) is 0 Å². The summed E-state index contributed by atoms with van der Waals surface area (Å²) in [7, 11) is 0. The highest BCUT2D eigenvalue weighted by molar-refractivity contribution is 5.77. The number of phenolic OH excluding ortho intramolecular Hbond substituents is 1. The van der Waals surface area contributed by atoms with Gasteiger partial charge >= 0.3 is 5.97 Å². The van der Waals surface area contributed by atoms with E-state index in [1.165, 1.54) is 12.1 Å². The van der Waals surface area contributed by atoms with Crippen LogP contribution in [0.3, 0.4) is 0 Å². The molecule has 4 rings (SSSR count). The Kier molecular flexibility index (Phi) is 4.31. The Morgan fingerprint density at radius 1 is 1.23 bits per heavy atom. The third-order valence-corrected chi connectivity index (χ3v) is 5.22. The lowest BCUT2D eigenvalue weighted by molar-refractivity contribution is -0.144. The number of benzene rings is 2. The van der Waals surface area contributed by atoms with Gasteiger partial charge in [-0.25, -0.2) is 4.39 Å². The zero-order valence-corrected chi connectivity index (χ0v) is 14.6. The van der Waals surface area contributed by atoms with E-state index in [4.69, 9.17) is 9.47 Å². The van der Waals surface area contributed by atoms with Gasteiger partial charge in [0.1, 0.15) is 23.4 Å². The number of esters is 1. The summed E-state index contributed by atoms with van der Waals surface area (Å²) in [4.78, 5) is 11.8. The Bertz CT molecular complexity index is 831. The van der Waals surface area contributed by atoms with Crippen molar-refractivity contribution < 1.29 is 23.8 Å². The highest BCUT2D eigenvalue weighted by Crippen LogP contribution is 2.48. The normalized spacial score (nSPS) is 23.4. The van der Waals surface area contributed by atoms with Gasteiger partial charge < -0.3 is 14.6 Å². The minimum Gasteiger partial charge on any atom is -0.508 e. The second-order valence-corrected chi connectivity index (χ2v) is 6.87. The summed E-state index contributed by atoms with van der Waals surface area (Å²) in [6.45, 7) is 2.22. The number of halogens is 1. The van der Waals surface area contributed by atoms with Gasteiger partial charge in [-0.2, -0.15) is 0 Å². The van der Waals surface area contributed by atoms with Gasteiger partial charge in [0.2, 0.25) is 0 Å². The zero-order chi connectivity index (χ0) is 18.3. The largest absolute Gasteiger partial charge is 0.508 e. The van der Waals surface area contributed by atoms with Gasteiger partial charge in [0.25, 0.3) is 0 Å². The molecule has 1 N–H and O–H groups in total. The van der Waals surface area contributed by atoms with Crippen LogP contribution in [0.2, 0.25) is 0 Å². The number of aromatic hydroxyl groups is 1. The maximum atomic E-state index is 14.1. The number of hydrogen-bond donors (Lipinski definition) is 1. The first-order valence-electron chi connectivity index (χ1n) is 9.02. The van der Waals surface area contributed by atoms with E-state index >= 15 is 0 Å². The maximum absolute atomic E-state index is 14.1. The van der Waals surface area contributed by atoms with Crippen LogP contribution in [0.5, 0.6) is 11.5 Å². The highest BCUT2D eigenvalue weighted by atomic mass is 19.1. The van der Waals surface area contributed by atoms with Crippen LogP contribution in [0.4, 0.5) is 4.39 Å². The maximum Gasteiger partial charge on any atom is 0.309 e. The number of carbonyl (C=O) groups excluding carboxylic acids is 1. The topological polar surface area (TPSA) is 55.8 Å². The van der Waals surface area contributed by atoms with Crippen molar-refractivity contribution in [3.63, 3.8) is 0 Å². The van der Waals surface area contributed by atoms with Crippen LogP contribution >= 0.6 is 0 Å². The van der Waals surface area contributed by atoms with Crippen LogP contribution in [0.1, 0.15) is 48.5 Å².